The molecule has 0 atom stereocenters. The maximum absolute atomic E-state index is 12.2. The van der Waals surface area contributed by atoms with Gasteiger partial charge in [-0.3, -0.25) is 20.0 Å². The van der Waals surface area contributed by atoms with Gasteiger partial charge in [-0.1, -0.05) is 34.6 Å². The first-order valence-corrected chi connectivity index (χ1v) is 7.80. The van der Waals surface area contributed by atoms with E-state index in [1.54, 1.807) is 0 Å². The summed E-state index contributed by atoms with van der Waals surface area (Å²) < 4.78 is 0.530. The maximum atomic E-state index is 12.2. The van der Waals surface area contributed by atoms with Crippen molar-refractivity contribution < 1.29 is 9.72 Å². The number of halogens is 1. The Morgan fingerprint density at radius 3 is 2.90 bits per heavy atom. The molecule has 1 N–H and O–H groups in total. The van der Waals surface area contributed by atoms with E-state index in [2.05, 4.69) is 31.1 Å². The van der Waals surface area contributed by atoms with Crippen molar-refractivity contribution in [3.8, 4) is 0 Å². The van der Waals surface area contributed by atoms with Gasteiger partial charge in [0.2, 0.25) is 5.16 Å². The van der Waals surface area contributed by atoms with Crippen LogP contribution in [0, 0.1) is 10.1 Å². The molecule has 2 rings (SSSR count). The zero-order valence-corrected chi connectivity index (χ0v) is 13.4. The molecule has 0 bridgehead atoms. The van der Waals surface area contributed by atoms with Crippen molar-refractivity contribution in [1.82, 2.24) is 15.2 Å². The van der Waals surface area contributed by atoms with Gasteiger partial charge in [-0.05, 0) is 6.07 Å². The molecule has 21 heavy (non-hydrogen) atoms. The number of carbonyl (C=O) groups is 1. The van der Waals surface area contributed by atoms with Gasteiger partial charge in [0.05, 0.1) is 10.7 Å². The van der Waals surface area contributed by atoms with Crippen molar-refractivity contribution in [3.05, 3.63) is 44.2 Å². The number of ketones is 1. The molecule has 0 amide bonds. The lowest BCUT2D eigenvalue weighted by Gasteiger charge is -2.02. The summed E-state index contributed by atoms with van der Waals surface area (Å²) in [5, 5.41) is 18.0. The molecule has 1 aromatic carbocycles. The number of nitro benzene ring substituents is 1. The van der Waals surface area contributed by atoms with Gasteiger partial charge in [-0.25, -0.2) is 4.98 Å². The van der Waals surface area contributed by atoms with Crippen LogP contribution in [0.1, 0.15) is 23.1 Å². The second kappa shape index (κ2) is 6.81. The van der Waals surface area contributed by atoms with E-state index in [0.29, 0.717) is 9.63 Å². The molecule has 0 aliphatic rings. The number of thioether (sulfide) groups is 1. The van der Waals surface area contributed by atoms with E-state index in [0.717, 1.165) is 12.2 Å². The van der Waals surface area contributed by atoms with Crippen molar-refractivity contribution in [2.45, 2.75) is 18.5 Å². The fourth-order valence-corrected chi connectivity index (χ4v) is 2.72. The smallest absolute Gasteiger partial charge is 0.270 e. The highest BCUT2D eigenvalue weighted by Crippen LogP contribution is 2.25. The Bertz CT molecular complexity index is 689. The Labute approximate surface area is 132 Å². The van der Waals surface area contributed by atoms with Crippen LogP contribution in [-0.4, -0.2) is 31.6 Å². The molecule has 7 nitrogen and oxygen atoms in total. The molecular formula is C12H11BrN4O3S. The molecule has 0 radical (unpaired) electrons. The number of nitrogens with zero attached hydrogens (tertiary/aromatic N) is 3. The second-order valence-corrected chi connectivity index (χ2v) is 5.85. The molecule has 0 unspecified atom stereocenters. The fourth-order valence-electron chi connectivity index (χ4n) is 1.55. The number of hydrogen-bond acceptors (Lipinski definition) is 6. The van der Waals surface area contributed by atoms with Crippen molar-refractivity contribution >= 4 is 39.2 Å². The molecule has 0 spiro atoms. The number of nitro groups is 1. The maximum Gasteiger partial charge on any atom is 0.270 e. The van der Waals surface area contributed by atoms with Crippen LogP contribution in [0.3, 0.4) is 0 Å². The number of nitrogens with one attached hydrogen (secondary N) is 1. The molecular weight excluding hydrogens is 360 g/mol. The van der Waals surface area contributed by atoms with E-state index in [1.807, 2.05) is 6.92 Å². The fraction of sp³-hybridized carbons (Fsp3) is 0.250. The molecule has 0 saturated heterocycles. The zero-order valence-electron chi connectivity index (χ0n) is 11.0. The third-order valence-corrected chi connectivity index (χ3v) is 4.18. The summed E-state index contributed by atoms with van der Waals surface area (Å²) in [5.41, 5.74) is 0.167. The summed E-state index contributed by atoms with van der Waals surface area (Å²) in [5.74, 6) is 0.640. The number of hydrogen-bond donors (Lipinski definition) is 1. The molecule has 1 heterocycles. The van der Waals surface area contributed by atoms with E-state index in [4.69, 9.17) is 0 Å². The molecule has 9 heteroatoms. The molecule has 0 aliphatic carbocycles. The number of benzene rings is 1. The first-order chi connectivity index (χ1) is 10.0. The lowest BCUT2D eigenvalue weighted by molar-refractivity contribution is -0.384. The minimum absolute atomic E-state index is 0.112. The minimum atomic E-state index is -0.529. The number of aryl methyl sites for hydroxylation is 1. The zero-order chi connectivity index (χ0) is 15.4. The van der Waals surface area contributed by atoms with E-state index in [1.165, 1.54) is 30.0 Å². The van der Waals surface area contributed by atoms with Crippen LogP contribution in [0.5, 0.6) is 0 Å². The predicted molar refractivity (Wildman–Crippen MR) is 81.6 cm³/mol. The number of non-ortho nitro benzene ring substituents is 1. The highest BCUT2D eigenvalue weighted by molar-refractivity contribution is 9.10. The molecule has 0 saturated carbocycles. The third-order valence-electron chi connectivity index (χ3n) is 2.64. The van der Waals surface area contributed by atoms with E-state index in [-0.39, 0.29) is 22.8 Å². The average Bonchev–Trinajstić information content (AvgIpc) is 2.93. The summed E-state index contributed by atoms with van der Waals surface area (Å²) in [6.07, 6.45) is 0.734. The van der Waals surface area contributed by atoms with Gasteiger partial charge >= 0.3 is 0 Å². The highest BCUT2D eigenvalue weighted by Gasteiger charge is 2.16. The Kier molecular flexibility index (Phi) is 5.07. The Hall–Kier alpha value is -1.74. The number of aromatic nitrogens is 3. The van der Waals surface area contributed by atoms with Gasteiger partial charge in [0.15, 0.2) is 5.78 Å². The number of Topliss-reactive ketones (excluding diaryl/α,β-unsaturated/α-hetero) is 1. The largest absolute Gasteiger partial charge is 0.293 e. The molecule has 0 aliphatic heterocycles. The van der Waals surface area contributed by atoms with Crippen LogP contribution < -0.4 is 0 Å². The standard InChI is InChI=1S/C12H11BrN4O3S/c1-2-11-14-12(16-15-11)21-6-10(18)8-5-7(17(19)20)3-4-9(8)13/h3-5H,2,6H2,1H3,(H,14,15,16). The Morgan fingerprint density at radius 1 is 1.52 bits per heavy atom. The number of carbonyl (C=O) groups excluding carboxylic acids is 1. The topological polar surface area (TPSA) is 102 Å². The molecule has 2 aromatic rings. The summed E-state index contributed by atoms with van der Waals surface area (Å²) in [4.78, 5) is 26.6. The van der Waals surface area contributed by atoms with Crippen LogP contribution in [0.2, 0.25) is 0 Å². The van der Waals surface area contributed by atoms with Gasteiger partial charge in [0.1, 0.15) is 5.82 Å². The van der Waals surface area contributed by atoms with Gasteiger partial charge < -0.3 is 0 Å². The molecule has 110 valence electrons. The van der Waals surface area contributed by atoms with E-state index < -0.39 is 4.92 Å². The van der Waals surface area contributed by atoms with Crippen LogP contribution in [-0.2, 0) is 6.42 Å². The number of H-pyrrole nitrogens is 1. The monoisotopic (exact) mass is 370 g/mol. The average molecular weight is 371 g/mol. The number of aromatic amines is 1. The molecule has 1 aromatic heterocycles. The van der Waals surface area contributed by atoms with Crippen LogP contribution in [0.25, 0.3) is 0 Å². The lowest BCUT2D eigenvalue weighted by Crippen LogP contribution is -2.04. The predicted octanol–water partition coefficient (Wildman–Crippen LogP) is 3.01. The normalized spacial score (nSPS) is 10.6. The van der Waals surface area contributed by atoms with Crippen LogP contribution in [0.15, 0.2) is 27.8 Å². The SMILES string of the molecule is CCc1nc(SCC(=O)c2cc([N+](=O)[O-])ccc2Br)n[nH]1. The first-order valence-electron chi connectivity index (χ1n) is 6.02. The van der Waals surface area contributed by atoms with Crippen molar-refractivity contribution in [3.63, 3.8) is 0 Å². The van der Waals surface area contributed by atoms with Crippen LogP contribution >= 0.6 is 27.7 Å². The minimum Gasteiger partial charge on any atom is -0.293 e. The number of rotatable bonds is 6. The molecule has 0 fully saturated rings. The quantitative estimate of drug-likeness (QED) is 0.363. The third kappa shape index (κ3) is 3.88. The van der Waals surface area contributed by atoms with E-state index in [9.17, 15) is 14.9 Å². The highest BCUT2D eigenvalue weighted by atomic mass is 79.9. The Balaban J connectivity index is 2.09. The van der Waals surface area contributed by atoms with Crippen molar-refractivity contribution in [2.75, 3.05) is 5.75 Å². The Morgan fingerprint density at radius 2 is 2.29 bits per heavy atom. The van der Waals surface area contributed by atoms with Gasteiger partial charge in [-0.15, -0.1) is 5.10 Å². The van der Waals surface area contributed by atoms with Crippen LogP contribution in [0.4, 0.5) is 5.69 Å². The first kappa shape index (κ1) is 15.6. The van der Waals surface area contributed by atoms with Gasteiger partial charge in [0, 0.05) is 28.6 Å². The summed E-state index contributed by atoms with van der Waals surface area (Å²) in [7, 11) is 0. The van der Waals surface area contributed by atoms with Crippen molar-refractivity contribution in [2.24, 2.45) is 0 Å². The van der Waals surface area contributed by atoms with Gasteiger partial charge in [0.25, 0.3) is 5.69 Å². The van der Waals surface area contributed by atoms with E-state index >= 15 is 0 Å². The van der Waals surface area contributed by atoms with Crippen molar-refractivity contribution in [1.29, 1.82) is 0 Å². The second-order valence-electron chi connectivity index (χ2n) is 4.05. The summed E-state index contributed by atoms with van der Waals surface area (Å²) >= 11 is 4.42. The van der Waals surface area contributed by atoms with Gasteiger partial charge in [-0.2, -0.15) is 0 Å². The summed E-state index contributed by atoms with van der Waals surface area (Å²) in [6, 6.07) is 4.11. The lowest BCUT2D eigenvalue weighted by atomic mass is 10.1. The summed E-state index contributed by atoms with van der Waals surface area (Å²) in [6.45, 7) is 1.94.